The lowest BCUT2D eigenvalue weighted by Gasteiger charge is -2.46. The van der Waals surface area contributed by atoms with Gasteiger partial charge in [0.15, 0.2) is 12.6 Å². The number of carbonyl (C=O) groups is 1. The molecule has 552 valence electrons. The van der Waals surface area contributed by atoms with Gasteiger partial charge in [-0.2, -0.15) is 0 Å². The Morgan fingerprint density at radius 2 is 0.737 bits per heavy atom. The monoisotopic (exact) mass is 1340 g/mol. The first-order chi connectivity index (χ1) is 46.6. The minimum absolute atomic E-state index is 0.244. The number of nitrogens with one attached hydrogen (secondary N) is 1. The van der Waals surface area contributed by atoms with Crippen molar-refractivity contribution in [1.82, 2.24) is 5.32 Å². The molecule has 14 heteroatoms. The Labute approximate surface area is 580 Å². The zero-order valence-corrected chi connectivity index (χ0v) is 60.4. The van der Waals surface area contributed by atoms with Gasteiger partial charge in [0.05, 0.1) is 32.0 Å². The van der Waals surface area contributed by atoms with E-state index in [2.05, 4.69) is 92.1 Å². The van der Waals surface area contributed by atoms with E-state index in [1.54, 1.807) is 6.08 Å². The van der Waals surface area contributed by atoms with Gasteiger partial charge in [-0.3, -0.25) is 4.79 Å². The smallest absolute Gasteiger partial charge is 0.220 e. The minimum atomic E-state index is -1.79. The molecule has 0 bridgehead atoms. The zero-order chi connectivity index (χ0) is 68.7. The van der Waals surface area contributed by atoms with Crippen LogP contribution in [0.2, 0.25) is 0 Å². The van der Waals surface area contributed by atoms with Crippen LogP contribution < -0.4 is 5.32 Å². The maximum Gasteiger partial charge on any atom is 0.220 e. The fraction of sp³-hybridized carbons (Fsp3) is 0.815. The van der Waals surface area contributed by atoms with E-state index in [9.17, 15) is 45.6 Å². The third-order valence-corrected chi connectivity index (χ3v) is 18.8. The summed E-state index contributed by atoms with van der Waals surface area (Å²) in [5, 5.41) is 87.5. The first kappa shape index (κ1) is 88.3. The zero-order valence-electron chi connectivity index (χ0n) is 60.4. The van der Waals surface area contributed by atoms with Crippen molar-refractivity contribution in [2.75, 3.05) is 19.8 Å². The molecule has 0 saturated carbocycles. The normalized spacial score (nSPS) is 22.8. The van der Waals surface area contributed by atoms with Crippen LogP contribution in [0.3, 0.4) is 0 Å². The number of rotatable bonds is 65. The molecule has 2 saturated heterocycles. The summed E-state index contributed by atoms with van der Waals surface area (Å²) in [6.45, 7) is 2.70. The summed E-state index contributed by atoms with van der Waals surface area (Å²) >= 11 is 0. The first-order valence-corrected chi connectivity index (χ1v) is 39.3. The Morgan fingerprint density at radius 3 is 1.16 bits per heavy atom. The highest BCUT2D eigenvalue weighted by Crippen LogP contribution is 2.30. The third kappa shape index (κ3) is 47.8. The maximum atomic E-state index is 13.4. The Morgan fingerprint density at radius 1 is 0.389 bits per heavy atom. The van der Waals surface area contributed by atoms with Gasteiger partial charge in [0.2, 0.25) is 5.91 Å². The van der Waals surface area contributed by atoms with E-state index in [0.717, 1.165) is 64.2 Å². The van der Waals surface area contributed by atoms with Crippen LogP contribution >= 0.6 is 0 Å². The molecule has 12 unspecified atom stereocenters. The number of carbonyl (C=O) groups excluding carboxylic acids is 1. The lowest BCUT2D eigenvalue weighted by Crippen LogP contribution is -2.65. The molecule has 2 aliphatic rings. The van der Waals surface area contributed by atoms with E-state index < -0.39 is 86.8 Å². The molecule has 1 amide bonds. The van der Waals surface area contributed by atoms with Gasteiger partial charge in [-0.15, -0.1) is 0 Å². The van der Waals surface area contributed by atoms with Gasteiger partial charge in [0, 0.05) is 6.42 Å². The molecule has 0 aromatic carbocycles. The molecule has 2 heterocycles. The fourth-order valence-corrected chi connectivity index (χ4v) is 12.6. The van der Waals surface area contributed by atoms with Crippen molar-refractivity contribution in [2.24, 2.45) is 0 Å². The summed E-state index contributed by atoms with van der Waals surface area (Å²) in [7, 11) is 0. The number of aliphatic hydroxyl groups is 8. The van der Waals surface area contributed by atoms with E-state index in [1.165, 1.54) is 231 Å². The average molecular weight is 1340 g/mol. The largest absolute Gasteiger partial charge is 0.394 e. The third-order valence-electron chi connectivity index (χ3n) is 18.8. The number of hydrogen-bond acceptors (Lipinski definition) is 13. The molecule has 0 aromatic rings. The van der Waals surface area contributed by atoms with Crippen LogP contribution in [0.4, 0.5) is 0 Å². The highest BCUT2D eigenvalue weighted by molar-refractivity contribution is 5.76. The molecule has 0 spiro atoms. The molecule has 0 aromatic heterocycles. The summed E-state index contributed by atoms with van der Waals surface area (Å²) in [5.41, 5.74) is 0. The highest BCUT2D eigenvalue weighted by atomic mass is 16.7. The molecule has 95 heavy (non-hydrogen) atoms. The predicted molar refractivity (Wildman–Crippen MR) is 392 cm³/mol. The fourth-order valence-electron chi connectivity index (χ4n) is 12.6. The van der Waals surface area contributed by atoms with Gasteiger partial charge in [-0.05, 0) is 77.0 Å². The summed E-state index contributed by atoms with van der Waals surface area (Å²) < 4.78 is 22.9. The lowest BCUT2D eigenvalue weighted by atomic mass is 9.97. The predicted octanol–water partition coefficient (Wildman–Crippen LogP) is 17.5. The molecule has 0 radical (unpaired) electrons. The van der Waals surface area contributed by atoms with Crippen LogP contribution in [0.25, 0.3) is 0 Å². The highest BCUT2D eigenvalue weighted by Gasteiger charge is 2.51. The molecule has 9 N–H and O–H groups in total. The molecule has 0 aliphatic carbocycles. The Hall–Kier alpha value is -2.83. The van der Waals surface area contributed by atoms with Gasteiger partial charge in [0.25, 0.3) is 0 Å². The number of hydrogen-bond donors (Lipinski definition) is 9. The second-order valence-corrected chi connectivity index (χ2v) is 27.4. The van der Waals surface area contributed by atoms with Crippen molar-refractivity contribution >= 4 is 5.91 Å². The van der Waals surface area contributed by atoms with Gasteiger partial charge in [-0.1, -0.05) is 330 Å². The topological polar surface area (TPSA) is 228 Å². The maximum absolute atomic E-state index is 13.4. The Bertz CT molecular complexity index is 1920. The second-order valence-electron chi connectivity index (χ2n) is 27.4. The van der Waals surface area contributed by atoms with Crippen LogP contribution in [0.5, 0.6) is 0 Å². The lowest BCUT2D eigenvalue weighted by molar-refractivity contribution is -0.359. The Balaban J connectivity index is 1.57. The number of allylic oxidation sites excluding steroid dienone is 13. The molecule has 2 rings (SSSR count). The molecule has 14 nitrogen and oxygen atoms in total. The van der Waals surface area contributed by atoms with Gasteiger partial charge in [0.1, 0.15) is 48.8 Å². The SMILES string of the molecule is CC/C=C\C/C=C\C/C=C\C/C=C\C/C=C\CCCCCCCCCCCCCCCCCCCCCCCCCCCC(=O)NC(COC1OC(CO)C(OC2OC(CO)C(O)C(O)C2O)C(O)C1O)C(O)/C=C/CC/C=C/CCCCCCCCCCCCCCCC. The van der Waals surface area contributed by atoms with E-state index in [1.807, 2.05) is 6.08 Å². The molecular formula is C81H145NO13. The van der Waals surface area contributed by atoms with Crippen molar-refractivity contribution in [3.63, 3.8) is 0 Å². The van der Waals surface area contributed by atoms with Crippen LogP contribution in [0.1, 0.15) is 328 Å². The molecule has 2 aliphatic heterocycles. The molecular weight excluding hydrogens is 1190 g/mol. The van der Waals surface area contributed by atoms with Gasteiger partial charge < -0.3 is 65.1 Å². The van der Waals surface area contributed by atoms with Crippen molar-refractivity contribution < 1.29 is 64.6 Å². The number of unbranched alkanes of at least 4 members (excludes halogenated alkanes) is 40. The summed E-state index contributed by atoms with van der Waals surface area (Å²) in [4.78, 5) is 13.4. The van der Waals surface area contributed by atoms with E-state index in [0.29, 0.717) is 12.8 Å². The van der Waals surface area contributed by atoms with E-state index in [-0.39, 0.29) is 18.9 Å². The van der Waals surface area contributed by atoms with Crippen molar-refractivity contribution in [3.05, 3.63) is 85.1 Å². The van der Waals surface area contributed by atoms with Crippen LogP contribution in [0.15, 0.2) is 85.1 Å². The van der Waals surface area contributed by atoms with Gasteiger partial charge >= 0.3 is 0 Å². The minimum Gasteiger partial charge on any atom is -0.394 e. The average Bonchev–Trinajstić information content (AvgIpc) is 0.897. The summed E-state index contributed by atoms with van der Waals surface area (Å²) in [5.74, 6) is -0.244. The summed E-state index contributed by atoms with van der Waals surface area (Å²) in [6, 6.07) is -0.934. The Kier molecular flexibility index (Phi) is 60.0. The molecule has 2 fully saturated rings. The number of ether oxygens (including phenoxy) is 4. The standard InChI is InChI=1S/C81H145NO13/c1-3-5-7-9-11-13-15-17-19-21-23-25-26-27-28-29-30-31-32-33-34-35-36-37-38-39-40-41-42-43-44-45-47-49-51-53-55-57-59-61-63-65-73(86)82-69(70(85)64-62-60-58-56-54-52-50-48-46-24-22-20-18-16-14-12-10-8-6-4-2)68-92-80-78(91)76(89)79(72(67-84)94-80)95-81-77(90)75(88)74(87)71(66-83)93-81/h5,7,11,13,17,19,23,25,27-28,54,56,62,64,69-72,74-81,83-85,87-91H,3-4,6,8-10,12,14-16,18,20-22,24,26,29-53,55,57-61,63,65-68H2,1-2H3,(H,82,86)/b7-5-,13-11-,19-17-,25-23-,28-27-,56-54+,64-62+. The van der Waals surface area contributed by atoms with Crippen molar-refractivity contribution in [2.45, 2.75) is 402 Å². The van der Waals surface area contributed by atoms with Crippen LogP contribution in [-0.2, 0) is 23.7 Å². The van der Waals surface area contributed by atoms with Gasteiger partial charge in [-0.25, -0.2) is 0 Å². The number of amides is 1. The quantitative estimate of drug-likeness (QED) is 0.0204. The van der Waals surface area contributed by atoms with E-state index in [4.69, 9.17) is 18.9 Å². The van der Waals surface area contributed by atoms with Crippen molar-refractivity contribution in [3.8, 4) is 0 Å². The second kappa shape index (κ2) is 64.5. The van der Waals surface area contributed by atoms with E-state index >= 15 is 0 Å². The van der Waals surface area contributed by atoms with Crippen LogP contribution in [0, 0.1) is 0 Å². The van der Waals surface area contributed by atoms with Crippen LogP contribution in [-0.4, -0.2) is 140 Å². The molecule has 12 atom stereocenters. The summed E-state index contributed by atoms with van der Waals surface area (Å²) in [6.07, 6.45) is 73.9. The number of aliphatic hydroxyl groups excluding tert-OH is 8. The van der Waals surface area contributed by atoms with Crippen molar-refractivity contribution in [1.29, 1.82) is 0 Å². The first-order valence-electron chi connectivity index (χ1n) is 39.3.